The maximum Gasteiger partial charge on any atom is 0.308 e. The van der Waals surface area contributed by atoms with Gasteiger partial charge >= 0.3 is 5.97 Å². The van der Waals surface area contributed by atoms with Crippen LogP contribution >= 0.6 is 0 Å². The third-order valence-electron chi connectivity index (χ3n) is 2.31. The molecule has 0 aromatic heterocycles. The summed E-state index contributed by atoms with van der Waals surface area (Å²) >= 11 is 0. The number of rotatable bonds is 2. The summed E-state index contributed by atoms with van der Waals surface area (Å²) in [6, 6.07) is 0.490. The molecule has 0 heterocycles. The highest BCUT2D eigenvalue weighted by atomic mass is 16.5. The lowest BCUT2D eigenvalue weighted by molar-refractivity contribution is -0.149. The average molecular weight is 185 g/mol. The molecule has 0 saturated heterocycles. The summed E-state index contributed by atoms with van der Waals surface area (Å²) in [4.78, 5) is 11.1. The van der Waals surface area contributed by atoms with E-state index >= 15 is 0 Å². The topological polar surface area (TPSA) is 38.3 Å². The zero-order chi connectivity index (χ0) is 10.1. The molecule has 1 aliphatic rings. The third-order valence-corrected chi connectivity index (χ3v) is 2.31. The summed E-state index contributed by atoms with van der Waals surface area (Å²) in [6.07, 6.45) is 1.84. The highest BCUT2D eigenvalue weighted by molar-refractivity contribution is 5.73. The minimum atomic E-state index is -0.0630. The van der Waals surface area contributed by atoms with E-state index in [0.29, 0.717) is 6.04 Å². The van der Waals surface area contributed by atoms with Crippen molar-refractivity contribution in [3.63, 3.8) is 0 Å². The lowest BCUT2D eigenvalue weighted by Crippen LogP contribution is -2.51. The van der Waals surface area contributed by atoms with Crippen molar-refractivity contribution in [3.05, 3.63) is 0 Å². The molecule has 0 unspecified atom stereocenters. The molecule has 0 amide bonds. The van der Waals surface area contributed by atoms with E-state index in [1.54, 1.807) is 0 Å². The van der Waals surface area contributed by atoms with Crippen LogP contribution < -0.4 is 5.32 Å². The molecule has 1 rings (SSSR count). The second kappa shape index (κ2) is 3.66. The third kappa shape index (κ3) is 2.99. The first-order valence-electron chi connectivity index (χ1n) is 4.78. The van der Waals surface area contributed by atoms with Crippen molar-refractivity contribution in [1.29, 1.82) is 0 Å². The SMILES string of the molecule is COC(=O)C1CC(NC(C)(C)C)C1. The normalized spacial score (nSPS) is 28.0. The average Bonchev–Trinajstić information content (AvgIpc) is 1.92. The number of carbonyl (C=O) groups excluding carboxylic acids is 1. The van der Waals surface area contributed by atoms with Gasteiger partial charge in [-0.1, -0.05) is 0 Å². The van der Waals surface area contributed by atoms with Gasteiger partial charge in [0.05, 0.1) is 13.0 Å². The van der Waals surface area contributed by atoms with E-state index in [4.69, 9.17) is 0 Å². The Kier molecular flexibility index (Phi) is 2.96. The van der Waals surface area contributed by atoms with Gasteiger partial charge in [-0.25, -0.2) is 0 Å². The van der Waals surface area contributed by atoms with Crippen LogP contribution in [0.3, 0.4) is 0 Å². The Morgan fingerprint density at radius 2 is 1.92 bits per heavy atom. The molecule has 0 aliphatic heterocycles. The van der Waals surface area contributed by atoms with Crippen molar-refractivity contribution in [3.8, 4) is 0 Å². The molecule has 3 heteroatoms. The van der Waals surface area contributed by atoms with Gasteiger partial charge in [-0.2, -0.15) is 0 Å². The van der Waals surface area contributed by atoms with Crippen LogP contribution in [0.1, 0.15) is 33.6 Å². The van der Waals surface area contributed by atoms with Gasteiger partial charge in [0.1, 0.15) is 0 Å². The van der Waals surface area contributed by atoms with Crippen molar-refractivity contribution >= 4 is 5.97 Å². The molecule has 1 saturated carbocycles. The quantitative estimate of drug-likeness (QED) is 0.659. The zero-order valence-electron chi connectivity index (χ0n) is 8.89. The fourth-order valence-electron chi connectivity index (χ4n) is 1.71. The van der Waals surface area contributed by atoms with Crippen molar-refractivity contribution in [1.82, 2.24) is 5.32 Å². The maximum atomic E-state index is 11.1. The van der Waals surface area contributed by atoms with Crippen LogP contribution in [-0.4, -0.2) is 24.7 Å². The van der Waals surface area contributed by atoms with Crippen molar-refractivity contribution in [2.45, 2.75) is 45.2 Å². The maximum absolute atomic E-state index is 11.1. The largest absolute Gasteiger partial charge is 0.469 e. The highest BCUT2D eigenvalue weighted by Crippen LogP contribution is 2.29. The van der Waals surface area contributed by atoms with Crippen LogP contribution in [0.4, 0.5) is 0 Å². The molecule has 1 N–H and O–H groups in total. The van der Waals surface area contributed by atoms with Crippen molar-refractivity contribution in [2.24, 2.45) is 5.92 Å². The fourth-order valence-corrected chi connectivity index (χ4v) is 1.71. The smallest absolute Gasteiger partial charge is 0.308 e. The summed E-state index contributed by atoms with van der Waals surface area (Å²) < 4.78 is 4.67. The molecular formula is C10H19NO2. The van der Waals surface area contributed by atoms with E-state index in [9.17, 15) is 4.79 Å². The summed E-state index contributed by atoms with van der Waals surface area (Å²) in [5.74, 6) is 0.0665. The van der Waals surface area contributed by atoms with Crippen LogP contribution in [0, 0.1) is 5.92 Å². The summed E-state index contributed by atoms with van der Waals surface area (Å²) in [7, 11) is 1.45. The van der Waals surface area contributed by atoms with E-state index in [1.807, 2.05) is 0 Å². The van der Waals surface area contributed by atoms with E-state index in [-0.39, 0.29) is 17.4 Å². The number of nitrogens with one attached hydrogen (secondary N) is 1. The van der Waals surface area contributed by atoms with E-state index < -0.39 is 0 Å². The van der Waals surface area contributed by atoms with Gasteiger partial charge in [-0.3, -0.25) is 4.79 Å². The van der Waals surface area contributed by atoms with Crippen LogP contribution in [0.25, 0.3) is 0 Å². The van der Waals surface area contributed by atoms with Gasteiger partial charge in [0.2, 0.25) is 0 Å². The molecule has 0 spiro atoms. The van der Waals surface area contributed by atoms with Crippen LogP contribution in [0.5, 0.6) is 0 Å². The second-order valence-electron chi connectivity index (χ2n) is 4.78. The lowest BCUT2D eigenvalue weighted by Gasteiger charge is -2.38. The molecule has 1 fully saturated rings. The Balaban J connectivity index is 2.22. The fraction of sp³-hybridized carbons (Fsp3) is 0.900. The van der Waals surface area contributed by atoms with E-state index in [0.717, 1.165) is 12.8 Å². The van der Waals surface area contributed by atoms with Gasteiger partial charge in [-0.15, -0.1) is 0 Å². The molecular weight excluding hydrogens is 166 g/mol. The molecule has 0 bridgehead atoms. The van der Waals surface area contributed by atoms with Crippen molar-refractivity contribution < 1.29 is 9.53 Å². The number of methoxy groups -OCH3 is 1. The molecule has 13 heavy (non-hydrogen) atoms. The first-order chi connectivity index (χ1) is 5.92. The van der Waals surface area contributed by atoms with Gasteiger partial charge in [-0.05, 0) is 33.6 Å². The predicted molar refractivity (Wildman–Crippen MR) is 51.4 cm³/mol. The van der Waals surface area contributed by atoms with E-state index in [2.05, 4.69) is 30.8 Å². The Morgan fingerprint density at radius 1 is 1.38 bits per heavy atom. The van der Waals surface area contributed by atoms with Crippen LogP contribution in [0.15, 0.2) is 0 Å². The standard InChI is InChI=1S/C10H19NO2/c1-10(2,3)11-8-5-7(6-8)9(12)13-4/h7-8,11H,5-6H2,1-4H3. The first-order valence-corrected chi connectivity index (χ1v) is 4.78. The van der Waals surface area contributed by atoms with Crippen LogP contribution in [-0.2, 0) is 9.53 Å². The highest BCUT2D eigenvalue weighted by Gasteiger charge is 2.36. The minimum Gasteiger partial charge on any atom is -0.469 e. The Bertz CT molecular complexity index is 190. The molecule has 0 atom stereocenters. The number of esters is 1. The van der Waals surface area contributed by atoms with Crippen molar-refractivity contribution in [2.75, 3.05) is 7.11 Å². The lowest BCUT2D eigenvalue weighted by atomic mass is 9.79. The van der Waals surface area contributed by atoms with Gasteiger partial charge in [0, 0.05) is 11.6 Å². The first kappa shape index (κ1) is 10.5. The molecule has 0 radical (unpaired) electrons. The molecule has 0 aromatic carbocycles. The minimum absolute atomic E-state index is 0.0630. The summed E-state index contributed by atoms with van der Waals surface area (Å²) in [5, 5.41) is 3.46. The Morgan fingerprint density at radius 3 is 2.31 bits per heavy atom. The van der Waals surface area contributed by atoms with E-state index in [1.165, 1.54) is 7.11 Å². The molecule has 0 aromatic rings. The second-order valence-corrected chi connectivity index (χ2v) is 4.78. The molecule has 1 aliphatic carbocycles. The molecule has 76 valence electrons. The number of hydrogen-bond donors (Lipinski definition) is 1. The number of carbonyl (C=O) groups is 1. The molecule has 3 nitrogen and oxygen atoms in total. The van der Waals surface area contributed by atoms with Gasteiger partial charge in [0.15, 0.2) is 0 Å². The summed E-state index contributed by atoms with van der Waals surface area (Å²) in [6.45, 7) is 6.41. The predicted octanol–water partition coefficient (Wildman–Crippen LogP) is 1.33. The Labute approximate surface area is 79.8 Å². The number of hydrogen-bond acceptors (Lipinski definition) is 3. The monoisotopic (exact) mass is 185 g/mol. The van der Waals surface area contributed by atoms with Crippen LogP contribution in [0.2, 0.25) is 0 Å². The number of ether oxygens (including phenoxy) is 1. The zero-order valence-corrected chi connectivity index (χ0v) is 8.89. The van der Waals surface area contributed by atoms with Gasteiger partial charge in [0.25, 0.3) is 0 Å². The van der Waals surface area contributed by atoms with Gasteiger partial charge < -0.3 is 10.1 Å². The summed E-state index contributed by atoms with van der Waals surface area (Å²) in [5.41, 5.74) is 0.145. The Hall–Kier alpha value is -0.570.